The number of hydrogen-bond donors (Lipinski definition) is 1. The molecule has 1 unspecified atom stereocenters. The lowest BCUT2D eigenvalue weighted by Gasteiger charge is -2.37. The summed E-state index contributed by atoms with van der Waals surface area (Å²) in [5, 5.41) is 11.8. The van der Waals surface area contributed by atoms with Gasteiger partial charge >= 0.3 is 5.97 Å². The maximum Gasteiger partial charge on any atom is 0.304 e. The van der Waals surface area contributed by atoms with Gasteiger partial charge in [-0.05, 0) is 6.92 Å². The molecule has 1 fully saturated rings. The van der Waals surface area contributed by atoms with Crippen LogP contribution in [0.3, 0.4) is 0 Å². The summed E-state index contributed by atoms with van der Waals surface area (Å²) in [5.41, 5.74) is 0. The lowest BCUT2D eigenvalue weighted by Crippen LogP contribution is -2.47. The summed E-state index contributed by atoms with van der Waals surface area (Å²) >= 11 is 1.70. The summed E-state index contributed by atoms with van der Waals surface area (Å²) in [5.74, 6) is -0.714. The maximum atomic E-state index is 10.5. The average molecular weight is 269 g/mol. The van der Waals surface area contributed by atoms with Crippen LogP contribution in [0.25, 0.3) is 0 Å². The van der Waals surface area contributed by atoms with E-state index in [9.17, 15) is 4.79 Å². The molecule has 100 valence electrons. The van der Waals surface area contributed by atoms with Crippen molar-refractivity contribution in [2.45, 2.75) is 19.4 Å². The van der Waals surface area contributed by atoms with Crippen molar-refractivity contribution in [2.24, 2.45) is 0 Å². The number of piperazine rings is 1. The molecule has 0 aliphatic carbocycles. The lowest BCUT2D eigenvalue weighted by atomic mass is 10.2. The van der Waals surface area contributed by atoms with Crippen molar-refractivity contribution in [1.82, 2.24) is 14.8 Å². The van der Waals surface area contributed by atoms with Crippen molar-refractivity contribution in [3.05, 3.63) is 16.6 Å². The molecule has 0 bridgehead atoms. The van der Waals surface area contributed by atoms with E-state index in [1.807, 2.05) is 11.6 Å². The highest BCUT2D eigenvalue weighted by Gasteiger charge is 2.23. The van der Waals surface area contributed by atoms with E-state index in [0.717, 1.165) is 31.2 Å². The van der Waals surface area contributed by atoms with Crippen LogP contribution in [0, 0.1) is 0 Å². The monoisotopic (exact) mass is 269 g/mol. The zero-order valence-corrected chi connectivity index (χ0v) is 11.4. The van der Waals surface area contributed by atoms with Gasteiger partial charge in [0.25, 0.3) is 0 Å². The van der Waals surface area contributed by atoms with E-state index in [1.165, 1.54) is 0 Å². The van der Waals surface area contributed by atoms with Gasteiger partial charge in [0.1, 0.15) is 5.01 Å². The Balaban J connectivity index is 1.78. The molecule has 1 N–H and O–H groups in total. The third-order valence-electron chi connectivity index (χ3n) is 3.41. The second-order valence-electron chi connectivity index (χ2n) is 4.57. The molecule has 1 atom stereocenters. The zero-order chi connectivity index (χ0) is 13.0. The Kier molecular flexibility index (Phi) is 4.68. The standard InChI is InChI=1S/C12H19N3O2S/c1-10(12-13-3-9-18-12)15-7-5-14(6-8-15)4-2-11(16)17/h3,9-10H,2,4-8H2,1H3,(H,16,17). The van der Waals surface area contributed by atoms with Crippen molar-refractivity contribution in [3.63, 3.8) is 0 Å². The van der Waals surface area contributed by atoms with E-state index < -0.39 is 5.97 Å². The predicted molar refractivity (Wildman–Crippen MR) is 70.8 cm³/mol. The minimum absolute atomic E-state index is 0.238. The van der Waals surface area contributed by atoms with Crippen LogP contribution < -0.4 is 0 Å². The SMILES string of the molecule is CC(c1nccs1)N1CCN(CCC(=O)O)CC1. The van der Waals surface area contributed by atoms with Gasteiger partial charge in [0.15, 0.2) is 0 Å². The van der Waals surface area contributed by atoms with Gasteiger partial charge in [-0.1, -0.05) is 0 Å². The highest BCUT2D eigenvalue weighted by molar-refractivity contribution is 7.09. The van der Waals surface area contributed by atoms with Crippen LogP contribution in [0.15, 0.2) is 11.6 Å². The lowest BCUT2D eigenvalue weighted by molar-refractivity contribution is -0.137. The quantitative estimate of drug-likeness (QED) is 0.873. The molecule has 1 aromatic rings. The first-order valence-electron chi connectivity index (χ1n) is 6.24. The van der Waals surface area contributed by atoms with Crippen molar-refractivity contribution >= 4 is 17.3 Å². The molecule has 1 saturated heterocycles. The Morgan fingerprint density at radius 3 is 2.78 bits per heavy atom. The van der Waals surface area contributed by atoms with E-state index in [-0.39, 0.29) is 6.42 Å². The molecule has 5 nitrogen and oxygen atoms in total. The summed E-state index contributed by atoms with van der Waals surface area (Å²) in [7, 11) is 0. The summed E-state index contributed by atoms with van der Waals surface area (Å²) in [4.78, 5) is 19.5. The van der Waals surface area contributed by atoms with Crippen molar-refractivity contribution < 1.29 is 9.90 Å². The van der Waals surface area contributed by atoms with Crippen LogP contribution >= 0.6 is 11.3 Å². The van der Waals surface area contributed by atoms with E-state index >= 15 is 0 Å². The summed E-state index contributed by atoms with van der Waals surface area (Å²) in [6.07, 6.45) is 2.08. The summed E-state index contributed by atoms with van der Waals surface area (Å²) in [6, 6.07) is 0.367. The summed E-state index contributed by atoms with van der Waals surface area (Å²) in [6.45, 7) is 6.72. The normalized spacial score (nSPS) is 19.8. The van der Waals surface area contributed by atoms with Gasteiger partial charge < -0.3 is 10.0 Å². The molecule has 6 heteroatoms. The van der Waals surface area contributed by atoms with Crippen LogP contribution in [-0.2, 0) is 4.79 Å². The molecule has 1 aromatic heterocycles. The maximum absolute atomic E-state index is 10.5. The Morgan fingerprint density at radius 2 is 2.22 bits per heavy atom. The number of carboxylic acids is 1. The Morgan fingerprint density at radius 1 is 1.50 bits per heavy atom. The van der Waals surface area contributed by atoms with Gasteiger partial charge in [0.2, 0.25) is 0 Å². The minimum Gasteiger partial charge on any atom is -0.481 e. The molecular weight excluding hydrogens is 250 g/mol. The first kappa shape index (κ1) is 13.5. The molecule has 1 aliphatic heterocycles. The molecule has 0 spiro atoms. The number of rotatable bonds is 5. The number of carboxylic acid groups (broad SMARTS) is 1. The largest absolute Gasteiger partial charge is 0.481 e. The molecule has 0 aromatic carbocycles. The van der Waals surface area contributed by atoms with E-state index in [1.54, 1.807) is 11.3 Å². The second-order valence-corrected chi connectivity index (χ2v) is 5.49. The zero-order valence-electron chi connectivity index (χ0n) is 10.6. The number of thiazole rings is 1. The molecule has 0 radical (unpaired) electrons. The van der Waals surface area contributed by atoms with E-state index in [4.69, 9.17) is 5.11 Å². The van der Waals surface area contributed by atoms with Gasteiger partial charge in [-0.15, -0.1) is 11.3 Å². The smallest absolute Gasteiger partial charge is 0.304 e. The van der Waals surface area contributed by atoms with Gasteiger partial charge in [-0.2, -0.15) is 0 Å². The number of carbonyl (C=O) groups is 1. The number of aliphatic carboxylic acids is 1. The Hall–Kier alpha value is -0.980. The van der Waals surface area contributed by atoms with Crippen LogP contribution in [-0.4, -0.2) is 58.6 Å². The first-order valence-corrected chi connectivity index (χ1v) is 7.12. The fraction of sp³-hybridized carbons (Fsp3) is 0.667. The molecule has 0 saturated carbocycles. The number of hydrogen-bond acceptors (Lipinski definition) is 5. The predicted octanol–water partition coefficient (Wildman–Crippen LogP) is 1.30. The minimum atomic E-state index is -0.714. The van der Waals surface area contributed by atoms with Crippen LogP contribution in [0.4, 0.5) is 0 Å². The molecule has 2 heterocycles. The van der Waals surface area contributed by atoms with Gasteiger partial charge in [0, 0.05) is 44.3 Å². The Labute approximate surface area is 111 Å². The molecule has 1 aliphatic rings. The topological polar surface area (TPSA) is 56.7 Å². The van der Waals surface area contributed by atoms with E-state index in [0.29, 0.717) is 12.6 Å². The average Bonchev–Trinajstić information content (AvgIpc) is 2.90. The third-order valence-corrected chi connectivity index (χ3v) is 4.35. The van der Waals surface area contributed by atoms with Crippen molar-refractivity contribution in [3.8, 4) is 0 Å². The van der Waals surface area contributed by atoms with Crippen LogP contribution in [0.2, 0.25) is 0 Å². The first-order chi connectivity index (χ1) is 8.66. The number of nitrogens with zero attached hydrogens (tertiary/aromatic N) is 3. The number of aromatic nitrogens is 1. The fourth-order valence-electron chi connectivity index (χ4n) is 2.22. The molecule has 18 heavy (non-hydrogen) atoms. The Bertz CT molecular complexity index is 375. The second kappa shape index (κ2) is 6.26. The van der Waals surface area contributed by atoms with E-state index in [2.05, 4.69) is 21.7 Å². The van der Waals surface area contributed by atoms with Crippen LogP contribution in [0.5, 0.6) is 0 Å². The molecular formula is C12H19N3O2S. The fourth-order valence-corrected chi connectivity index (χ4v) is 2.95. The third kappa shape index (κ3) is 3.51. The van der Waals surface area contributed by atoms with Gasteiger partial charge in [-0.3, -0.25) is 9.69 Å². The summed E-state index contributed by atoms with van der Waals surface area (Å²) < 4.78 is 0. The molecule has 2 rings (SSSR count). The molecule has 0 amide bonds. The van der Waals surface area contributed by atoms with Crippen molar-refractivity contribution in [1.29, 1.82) is 0 Å². The van der Waals surface area contributed by atoms with Crippen LogP contribution in [0.1, 0.15) is 24.4 Å². The van der Waals surface area contributed by atoms with Crippen molar-refractivity contribution in [2.75, 3.05) is 32.7 Å². The van der Waals surface area contributed by atoms with Gasteiger partial charge in [-0.25, -0.2) is 4.98 Å². The highest BCUT2D eigenvalue weighted by Crippen LogP contribution is 2.23. The van der Waals surface area contributed by atoms with Gasteiger partial charge in [0.05, 0.1) is 12.5 Å². The highest BCUT2D eigenvalue weighted by atomic mass is 32.1.